The predicted octanol–water partition coefficient (Wildman–Crippen LogP) is 3.59. The van der Waals surface area contributed by atoms with Gasteiger partial charge in [-0.2, -0.15) is 0 Å². The molecule has 1 unspecified atom stereocenters. The Morgan fingerprint density at radius 1 is 1.17 bits per heavy atom. The van der Waals surface area contributed by atoms with Crippen molar-refractivity contribution in [1.29, 1.82) is 0 Å². The number of nitrogens with one attached hydrogen (secondary N) is 1. The van der Waals surface area contributed by atoms with E-state index in [2.05, 4.69) is 65.6 Å². The van der Waals surface area contributed by atoms with E-state index in [-0.39, 0.29) is 6.10 Å². The van der Waals surface area contributed by atoms with Crippen LogP contribution in [0.15, 0.2) is 0 Å². The summed E-state index contributed by atoms with van der Waals surface area (Å²) < 4.78 is 6.61. The van der Waals surface area contributed by atoms with Crippen LogP contribution in [0.2, 0.25) is 0 Å². The molecule has 0 saturated heterocycles. The van der Waals surface area contributed by atoms with Gasteiger partial charge in [0.25, 0.3) is 0 Å². The van der Waals surface area contributed by atoms with Crippen LogP contribution in [-0.2, 0) is 4.74 Å². The molecule has 0 spiro atoms. The normalized spacial score (nSPS) is 13.2. The number of methoxy groups -OCH3 is 1. The van der Waals surface area contributed by atoms with Crippen LogP contribution < -0.4 is 5.32 Å². The van der Waals surface area contributed by atoms with Crippen LogP contribution in [0, 0.1) is 9.49 Å². The van der Waals surface area contributed by atoms with Crippen molar-refractivity contribution in [2.45, 2.75) is 39.7 Å². The Hall–Kier alpha value is -0.430. The summed E-state index contributed by atoms with van der Waals surface area (Å²) in [5.74, 6) is 2.36. The molecule has 0 amide bonds. The smallest absolute Gasteiger partial charge is 0.160 e. The average molecular weight is 363 g/mol. The van der Waals surface area contributed by atoms with Crippen molar-refractivity contribution in [3.05, 3.63) is 15.1 Å². The van der Waals surface area contributed by atoms with Crippen LogP contribution in [0.5, 0.6) is 0 Å². The summed E-state index contributed by atoms with van der Waals surface area (Å²) in [6, 6.07) is 0. The molecule has 5 heteroatoms. The molecule has 4 nitrogen and oxygen atoms in total. The van der Waals surface area contributed by atoms with Crippen LogP contribution in [-0.4, -0.2) is 24.1 Å². The van der Waals surface area contributed by atoms with Crippen molar-refractivity contribution in [3.8, 4) is 0 Å². The lowest BCUT2D eigenvalue weighted by molar-refractivity contribution is 0.0573. The zero-order chi connectivity index (χ0) is 13.9. The second-order valence-corrected chi connectivity index (χ2v) is 6.01. The number of anilines is 1. The van der Waals surface area contributed by atoms with E-state index in [0.717, 1.165) is 20.9 Å². The molecule has 1 atom stereocenters. The molecule has 1 aromatic rings. The zero-order valence-corrected chi connectivity index (χ0v) is 14.1. The van der Waals surface area contributed by atoms with Gasteiger partial charge in [0.1, 0.15) is 11.9 Å². The third-order valence-electron chi connectivity index (χ3n) is 2.79. The number of aromatic nitrogens is 2. The molecule has 1 aromatic heterocycles. The third-order valence-corrected chi connectivity index (χ3v) is 3.86. The molecule has 0 aromatic carbocycles. The van der Waals surface area contributed by atoms with Gasteiger partial charge in [0, 0.05) is 14.2 Å². The largest absolute Gasteiger partial charge is 0.373 e. The number of halogens is 1. The molecule has 1 heterocycles. The lowest BCUT2D eigenvalue weighted by atomic mass is 10.1. The van der Waals surface area contributed by atoms with Gasteiger partial charge in [-0.1, -0.05) is 27.7 Å². The molecule has 0 aliphatic carbocycles. The highest BCUT2D eigenvalue weighted by molar-refractivity contribution is 14.1. The van der Waals surface area contributed by atoms with E-state index in [4.69, 9.17) is 4.74 Å². The fraction of sp³-hybridized carbons (Fsp3) is 0.692. The Balaban J connectivity index is 3.33. The number of hydrogen-bond acceptors (Lipinski definition) is 4. The Morgan fingerprint density at radius 3 is 2.17 bits per heavy atom. The standard InChI is InChI=1S/C13H22IN3O/c1-7(2)10-9(14)12(15-5)17-13(16-10)11(18-6)8(3)4/h7-8,11H,1-6H3,(H,15,16,17). The van der Waals surface area contributed by atoms with Gasteiger partial charge in [0.05, 0.1) is 9.26 Å². The van der Waals surface area contributed by atoms with E-state index in [1.54, 1.807) is 7.11 Å². The third kappa shape index (κ3) is 3.32. The predicted molar refractivity (Wildman–Crippen MR) is 83.0 cm³/mol. The quantitative estimate of drug-likeness (QED) is 0.813. The summed E-state index contributed by atoms with van der Waals surface area (Å²) in [5, 5.41) is 3.13. The lowest BCUT2D eigenvalue weighted by Gasteiger charge is -2.21. The second-order valence-electron chi connectivity index (χ2n) is 4.93. The Bertz CT molecular complexity index is 407. The number of nitrogens with zero attached hydrogens (tertiary/aromatic N) is 2. The minimum Gasteiger partial charge on any atom is -0.373 e. The summed E-state index contributed by atoms with van der Waals surface area (Å²) in [4.78, 5) is 9.26. The van der Waals surface area contributed by atoms with Crippen LogP contribution in [0.25, 0.3) is 0 Å². The van der Waals surface area contributed by atoms with E-state index >= 15 is 0 Å². The van der Waals surface area contributed by atoms with Crippen LogP contribution in [0.3, 0.4) is 0 Å². The zero-order valence-electron chi connectivity index (χ0n) is 11.9. The van der Waals surface area contributed by atoms with Crippen molar-refractivity contribution in [1.82, 2.24) is 9.97 Å². The minimum absolute atomic E-state index is 0.0633. The molecule has 0 aliphatic heterocycles. The van der Waals surface area contributed by atoms with Gasteiger partial charge in [-0.3, -0.25) is 0 Å². The summed E-state index contributed by atoms with van der Waals surface area (Å²) >= 11 is 2.30. The first-order valence-corrected chi connectivity index (χ1v) is 7.28. The van der Waals surface area contributed by atoms with Crippen molar-refractivity contribution in [2.75, 3.05) is 19.5 Å². The van der Waals surface area contributed by atoms with Crippen LogP contribution in [0.1, 0.15) is 51.2 Å². The summed E-state index contributed by atoms with van der Waals surface area (Å²) in [5.41, 5.74) is 1.08. The highest BCUT2D eigenvalue weighted by atomic mass is 127. The molecule has 0 bridgehead atoms. The van der Waals surface area contributed by atoms with Crippen molar-refractivity contribution in [2.24, 2.45) is 5.92 Å². The van der Waals surface area contributed by atoms with Crippen molar-refractivity contribution < 1.29 is 4.74 Å². The number of ether oxygens (including phenoxy) is 1. The first-order chi connectivity index (χ1) is 8.42. The van der Waals surface area contributed by atoms with Gasteiger partial charge in [0.15, 0.2) is 5.82 Å². The maximum absolute atomic E-state index is 5.52. The highest BCUT2D eigenvalue weighted by Gasteiger charge is 2.22. The first kappa shape index (κ1) is 15.6. The van der Waals surface area contributed by atoms with Gasteiger partial charge in [-0.05, 0) is 34.4 Å². The van der Waals surface area contributed by atoms with Crippen molar-refractivity contribution >= 4 is 28.4 Å². The second kappa shape index (κ2) is 6.65. The Labute approximate surface area is 123 Å². The molecular weight excluding hydrogens is 341 g/mol. The summed E-state index contributed by atoms with van der Waals surface area (Å²) in [6.07, 6.45) is -0.0633. The maximum Gasteiger partial charge on any atom is 0.160 e. The van der Waals surface area contributed by atoms with Gasteiger partial charge < -0.3 is 10.1 Å². The molecule has 0 saturated carbocycles. The molecular formula is C13H22IN3O. The monoisotopic (exact) mass is 363 g/mol. The fourth-order valence-corrected chi connectivity index (χ4v) is 2.97. The van der Waals surface area contributed by atoms with E-state index in [1.807, 2.05) is 7.05 Å². The van der Waals surface area contributed by atoms with E-state index < -0.39 is 0 Å². The van der Waals surface area contributed by atoms with Crippen molar-refractivity contribution in [3.63, 3.8) is 0 Å². The lowest BCUT2D eigenvalue weighted by Crippen LogP contribution is -2.16. The van der Waals surface area contributed by atoms with Gasteiger partial charge in [-0.15, -0.1) is 0 Å². The van der Waals surface area contributed by atoms with Crippen LogP contribution in [0.4, 0.5) is 5.82 Å². The van der Waals surface area contributed by atoms with Gasteiger partial charge in [-0.25, -0.2) is 9.97 Å². The van der Waals surface area contributed by atoms with Crippen LogP contribution >= 0.6 is 22.6 Å². The fourth-order valence-electron chi connectivity index (χ4n) is 1.83. The maximum atomic E-state index is 5.52. The Morgan fingerprint density at radius 2 is 1.78 bits per heavy atom. The number of hydrogen-bond donors (Lipinski definition) is 1. The minimum atomic E-state index is -0.0633. The summed E-state index contributed by atoms with van der Waals surface area (Å²) in [6.45, 7) is 8.52. The van der Waals surface area contributed by atoms with E-state index in [1.165, 1.54) is 0 Å². The summed E-state index contributed by atoms with van der Waals surface area (Å²) in [7, 11) is 3.59. The molecule has 102 valence electrons. The molecule has 18 heavy (non-hydrogen) atoms. The van der Waals surface area contributed by atoms with E-state index in [9.17, 15) is 0 Å². The average Bonchev–Trinajstić information content (AvgIpc) is 2.30. The molecule has 0 aliphatic rings. The molecule has 1 N–H and O–H groups in total. The molecule has 0 radical (unpaired) electrons. The Kier molecular flexibility index (Phi) is 5.78. The topological polar surface area (TPSA) is 47.0 Å². The first-order valence-electron chi connectivity index (χ1n) is 6.20. The SMILES string of the molecule is CNc1nc(C(OC)C(C)C)nc(C(C)C)c1I. The van der Waals surface area contributed by atoms with Gasteiger partial charge >= 0.3 is 0 Å². The molecule has 1 rings (SSSR count). The molecule has 0 fully saturated rings. The number of rotatable bonds is 5. The highest BCUT2D eigenvalue weighted by Crippen LogP contribution is 2.29. The van der Waals surface area contributed by atoms with Gasteiger partial charge in [0.2, 0.25) is 0 Å². The van der Waals surface area contributed by atoms with E-state index in [0.29, 0.717) is 11.8 Å².